The molecule has 0 aromatic carbocycles. The summed E-state index contributed by atoms with van der Waals surface area (Å²) in [6, 6.07) is -3.70. The number of nitrogens with one attached hydrogen (secondary N) is 2. The molecule has 0 aliphatic heterocycles. The molecule has 2 heterocycles. The van der Waals surface area contributed by atoms with Gasteiger partial charge in [0, 0.05) is 0 Å². The number of urea groups is 1. The average molecular weight is 400 g/mol. The SMILES string of the molecule is CC(O)[C@H](NC(=O)N[C@@H](CC(N)=O)c1nc(-c2nnc(N)s2)no1)C(=O)O. The van der Waals surface area contributed by atoms with Gasteiger partial charge in [-0.25, -0.2) is 9.59 Å². The van der Waals surface area contributed by atoms with E-state index in [4.69, 9.17) is 21.1 Å². The summed E-state index contributed by atoms with van der Waals surface area (Å²) in [5, 5.41) is 34.2. The van der Waals surface area contributed by atoms with E-state index in [0.717, 1.165) is 11.3 Å². The van der Waals surface area contributed by atoms with E-state index in [-0.39, 0.29) is 21.9 Å². The van der Waals surface area contributed by atoms with Gasteiger partial charge in [0.25, 0.3) is 0 Å². The number of carboxylic acids is 1. The number of carbonyl (C=O) groups is 3. The molecule has 0 spiro atoms. The summed E-state index contributed by atoms with van der Waals surface area (Å²) < 4.78 is 5.01. The minimum Gasteiger partial charge on any atom is -0.480 e. The van der Waals surface area contributed by atoms with Gasteiger partial charge in [0.05, 0.1) is 12.5 Å². The van der Waals surface area contributed by atoms with Crippen molar-refractivity contribution in [1.82, 2.24) is 31.0 Å². The number of amides is 3. The predicted octanol–water partition coefficient (Wildman–Crippen LogP) is -1.78. The number of hydrogen-bond acceptors (Lipinski definition) is 11. The van der Waals surface area contributed by atoms with E-state index in [2.05, 4.69) is 31.0 Å². The van der Waals surface area contributed by atoms with Gasteiger partial charge in [-0.2, -0.15) is 4.98 Å². The van der Waals surface area contributed by atoms with Crippen molar-refractivity contribution in [2.75, 3.05) is 5.73 Å². The minimum atomic E-state index is -1.57. The van der Waals surface area contributed by atoms with Crippen LogP contribution in [0.1, 0.15) is 25.3 Å². The van der Waals surface area contributed by atoms with Crippen LogP contribution >= 0.6 is 11.3 Å². The van der Waals surface area contributed by atoms with Gasteiger partial charge in [0.2, 0.25) is 22.8 Å². The molecule has 15 heteroatoms. The lowest BCUT2D eigenvalue weighted by atomic mass is 10.2. The maximum absolute atomic E-state index is 12.0. The van der Waals surface area contributed by atoms with Gasteiger partial charge in [-0.1, -0.05) is 16.5 Å². The molecule has 2 aromatic heterocycles. The Bertz CT molecular complexity index is 835. The van der Waals surface area contributed by atoms with E-state index in [9.17, 15) is 19.5 Å². The fourth-order valence-corrected chi connectivity index (χ4v) is 2.46. The largest absolute Gasteiger partial charge is 0.480 e. The molecule has 0 saturated heterocycles. The molecule has 2 aromatic rings. The van der Waals surface area contributed by atoms with Crippen molar-refractivity contribution in [2.24, 2.45) is 5.73 Å². The van der Waals surface area contributed by atoms with E-state index >= 15 is 0 Å². The number of aliphatic carboxylic acids is 1. The average Bonchev–Trinajstić information content (AvgIpc) is 3.19. The highest BCUT2D eigenvalue weighted by Crippen LogP contribution is 2.24. The number of nitrogens with two attached hydrogens (primary N) is 2. The number of aliphatic hydroxyl groups excluding tert-OH is 1. The van der Waals surface area contributed by atoms with E-state index in [1.165, 1.54) is 6.92 Å². The molecule has 146 valence electrons. The monoisotopic (exact) mass is 400 g/mol. The van der Waals surface area contributed by atoms with Crippen LogP contribution in [0.3, 0.4) is 0 Å². The zero-order chi connectivity index (χ0) is 20.1. The van der Waals surface area contributed by atoms with Crippen molar-refractivity contribution in [3.05, 3.63) is 5.89 Å². The van der Waals surface area contributed by atoms with Crippen LogP contribution in [0.15, 0.2) is 4.52 Å². The highest BCUT2D eigenvalue weighted by molar-refractivity contribution is 7.18. The van der Waals surface area contributed by atoms with E-state index in [1.807, 2.05) is 0 Å². The third-order valence-electron chi connectivity index (χ3n) is 3.12. The Kier molecular flexibility index (Phi) is 6.19. The molecule has 0 bridgehead atoms. The third kappa shape index (κ3) is 5.32. The van der Waals surface area contributed by atoms with Crippen LogP contribution < -0.4 is 22.1 Å². The molecule has 0 aliphatic rings. The van der Waals surface area contributed by atoms with E-state index in [1.54, 1.807) is 0 Å². The summed E-state index contributed by atoms with van der Waals surface area (Å²) in [6.45, 7) is 1.19. The lowest BCUT2D eigenvalue weighted by molar-refractivity contribution is -0.141. The van der Waals surface area contributed by atoms with Crippen molar-refractivity contribution < 1.29 is 29.1 Å². The smallest absolute Gasteiger partial charge is 0.328 e. The number of nitrogen functional groups attached to an aromatic ring is 1. The number of aromatic nitrogens is 4. The van der Waals surface area contributed by atoms with Crippen molar-refractivity contribution in [3.63, 3.8) is 0 Å². The molecule has 14 nitrogen and oxygen atoms in total. The maximum Gasteiger partial charge on any atom is 0.328 e. The van der Waals surface area contributed by atoms with Gasteiger partial charge in [-0.05, 0) is 6.92 Å². The number of anilines is 1. The van der Waals surface area contributed by atoms with Crippen LogP contribution in [0.25, 0.3) is 10.8 Å². The topological polar surface area (TPSA) is 232 Å². The predicted molar refractivity (Wildman–Crippen MR) is 88.9 cm³/mol. The molecule has 0 saturated carbocycles. The molecule has 3 atom stereocenters. The Morgan fingerprint density at radius 1 is 1.30 bits per heavy atom. The number of carbonyl (C=O) groups excluding carboxylic acids is 2. The molecular formula is C12H16N8O6S. The van der Waals surface area contributed by atoms with Crippen LogP contribution in [-0.2, 0) is 9.59 Å². The van der Waals surface area contributed by atoms with Gasteiger partial charge < -0.3 is 36.8 Å². The Balaban J connectivity index is 2.15. The van der Waals surface area contributed by atoms with E-state index in [0.29, 0.717) is 0 Å². The summed E-state index contributed by atoms with van der Waals surface area (Å²) in [4.78, 5) is 38.3. The number of rotatable bonds is 8. The second-order valence-corrected chi connectivity index (χ2v) is 6.31. The van der Waals surface area contributed by atoms with Crippen LogP contribution in [-0.4, -0.2) is 60.6 Å². The van der Waals surface area contributed by atoms with Crippen LogP contribution in [0.2, 0.25) is 0 Å². The van der Waals surface area contributed by atoms with Crippen molar-refractivity contribution in [1.29, 1.82) is 0 Å². The van der Waals surface area contributed by atoms with Gasteiger partial charge in [0.1, 0.15) is 6.04 Å². The van der Waals surface area contributed by atoms with E-state index < -0.39 is 42.5 Å². The summed E-state index contributed by atoms with van der Waals surface area (Å²) in [6.07, 6.45) is -1.76. The zero-order valence-corrected chi connectivity index (χ0v) is 14.6. The van der Waals surface area contributed by atoms with Gasteiger partial charge in [-0.15, -0.1) is 10.2 Å². The molecule has 3 amide bonds. The molecule has 8 N–H and O–H groups in total. The first-order chi connectivity index (χ1) is 12.7. The number of hydrogen-bond donors (Lipinski definition) is 6. The Morgan fingerprint density at radius 3 is 2.52 bits per heavy atom. The van der Waals surface area contributed by atoms with Gasteiger partial charge >= 0.3 is 12.0 Å². The molecular weight excluding hydrogens is 384 g/mol. The van der Waals surface area contributed by atoms with Crippen LogP contribution in [0, 0.1) is 0 Å². The molecule has 0 fully saturated rings. The highest BCUT2D eigenvalue weighted by Gasteiger charge is 2.29. The lowest BCUT2D eigenvalue weighted by Gasteiger charge is -2.19. The first kappa shape index (κ1) is 20.0. The first-order valence-electron chi connectivity index (χ1n) is 7.36. The zero-order valence-electron chi connectivity index (χ0n) is 13.8. The van der Waals surface area contributed by atoms with Gasteiger partial charge in [-0.3, -0.25) is 4.79 Å². The summed E-state index contributed by atoms with van der Waals surface area (Å²) in [7, 11) is 0. The Hall–Kier alpha value is -3.33. The molecule has 0 aliphatic carbocycles. The summed E-state index contributed by atoms with van der Waals surface area (Å²) in [5.41, 5.74) is 10.6. The van der Waals surface area contributed by atoms with Crippen molar-refractivity contribution in [2.45, 2.75) is 31.5 Å². The van der Waals surface area contributed by atoms with Crippen molar-refractivity contribution in [3.8, 4) is 10.8 Å². The summed E-state index contributed by atoms with van der Waals surface area (Å²) in [5.74, 6) is -2.37. The molecule has 1 unspecified atom stereocenters. The standard InChI is InChI=1S/C12H16N8O6S/c1-3(21)6(10(23)24)16-12(25)15-4(2-5(13)22)8-17-7(20-26-8)9-18-19-11(14)27-9/h3-4,6,21H,2H2,1H3,(H2,13,22)(H2,14,19)(H,23,24)(H2,15,16,25)/t3?,4-,6-/m0/s1. The number of aliphatic hydroxyl groups is 1. The van der Waals surface area contributed by atoms with Gasteiger partial charge in [0.15, 0.2) is 11.0 Å². The molecule has 27 heavy (non-hydrogen) atoms. The number of primary amides is 1. The highest BCUT2D eigenvalue weighted by atomic mass is 32.1. The molecule has 2 rings (SSSR count). The Labute approximate surface area is 154 Å². The Morgan fingerprint density at radius 2 is 2.00 bits per heavy atom. The number of nitrogens with zero attached hydrogens (tertiary/aromatic N) is 4. The maximum atomic E-state index is 12.0. The summed E-state index contributed by atoms with van der Waals surface area (Å²) >= 11 is 0.995. The second kappa shape index (κ2) is 8.37. The first-order valence-corrected chi connectivity index (χ1v) is 8.18. The fraction of sp³-hybridized carbons (Fsp3) is 0.417. The quantitative estimate of drug-likeness (QED) is 0.290. The van der Waals surface area contributed by atoms with Crippen LogP contribution in [0.5, 0.6) is 0 Å². The number of carboxylic acid groups (broad SMARTS) is 1. The minimum absolute atomic E-state index is 0.0308. The van der Waals surface area contributed by atoms with Crippen LogP contribution in [0.4, 0.5) is 9.93 Å². The molecule has 0 radical (unpaired) electrons. The van der Waals surface area contributed by atoms with Crippen molar-refractivity contribution >= 4 is 34.4 Å². The fourth-order valence-electron chi connectivity index (χ4n) is 1.92. The third-order valence-corrected chi connectivity index (χ3v) is 3.87. The lowest BCUT2D eigenvalue weighted by Crippen LogP contribution is -2.52. The second-order valence-electron chi connectivity index (χ2n) is 5.30. The normalized spacial score (nSPS) is 14.1.